The third-order valence-corrected chi connectivity index (χ3v) is 6.93. The van der Waals surface area contributed by atoms with Crippen molar-refractivity contribution in [3.8, 4) is 0 Å². The Balaban J connectivity index is 1.24. The molecule has 188 valence electrons. The summed E-state index contributed by atoms with van der Waals surface area (Å²) >= 11 is 0. The van der Waals surface area contributed by atoms with Gasteiger partial charge in [0.25, 0.3) is 5.91 Å². The first-order valence-corrected chi connectivity index (χ1v) is 11.9. The van der Waals surface area contributed by atoms with Gasteiger partial charge in [-0.3, -0.25) is 9.48 Å². The monoisotopic (exact) mass is 491 g/mol. The van der Waals surface area contributed by atoms with Crippen LogP contribution in [0.2, 0.25) is 0 Å². The fourth-order valence-corrected chi connectivity index (χ4v) is 5.17. The summed E-state index contributed by atoms with van der Waals surface area (Å²) < 4.78 is 46.4. The summed E-state index contributed by atoms with van der Waals surface area (Å²) in [5, 5.41) is 7.95. The molecular formula is C24H28F3N5O3. The molecule has 0 radical (unpaired) electrons. The van der Waals surface area contributed by atoms with Crippen LogP contribution in [-0.4, -0.2) is 63.3 Å². The van der Waals surface area contributed by atoms with Crippen LogP contribution in [0.15, 0.2) is 24.3 Å². The van der Waals surface area contributed by atoms with Crippen molar-refractivity contribution in [1.29, 1.82) is 0 Å². The molecule has 6 rings (SSSR count). The van der Waals surface area contributed by atoms with E-state index in [4.69, 9.17) is 4.74 Å². The van der Waals surface area contributed by atoms with Crippen LogP contribution < -0.4 is 5.32 Å². The van der Waals surface area contributed by atoms with E-state index in [-0.39, 0.29) is 30.7 Å². The summed E-state index contributed by atoms with van der Waals surface area (Å²) in [6, 6.07) is 5.88. The van der Waals surface area contributed by atoms with Crippen molar-refractivity contribution in [1.82, 2.24) is 24.9 Å². The van der Waals surface area contributed by atoms with E-state index < -0.39 is 17.8 Å². The SMILES string of the molecule is Cc1cc(COC(=O)N2CCCn3nc(C(=O)N4CC5CCC4CN5)cc3C2)cc(C(F)(F)F)c1. The molecule has 5 heterocycles. The zero-order valence-electron chi connectivity index (χ0n) is 19.5. The van der Waals surface area contributed by atoms with Crippen LogP contribution >= 0.6 is 0 Å². The molecule has 0 aliphatic carbocycles. The van der Waals surface area contributed by atoms with Gasteiger partial charge in [-0.25, -0.2) is 4.79 Å². The maximum Gasteiger partial charge on any atom is 0.416 e. The molecule has 2 aromatic rings. The summed E-state index contributed by atoms with van der Waals surface area (Å²) in [6.45, 7) is 4.00. The lowest BCUT2D eigenvalue weighted by Gasteiger charge is -2.45. The van der Waals surface area contributed by atoms with Crippen LogP contribution in [0, 0.1) is 6.92 Å². The third kappa shape index (κ3) is 5.00. The smallest absolute Gasteiger partial charge is 0.416 e. The van der Waals surface area contributed by atoms with Crippen molar-refractivity contribution >= 4 is 12.0 Å². The molecule has 2 atom stereocenters. The molecule has 3 fully saturated rings. The second-order valence-corrected chi connectivity index (χ2v) is 9.57. The number of amides is 2. The Bertz CT molecular complexity index is 1120. The zero-order chi connectivity index (χ0) is 24.7. The van der Waals surface area contributed by atoms with Crippen molar-refractivity contribution in [2.24, 2.45) is 0 Å². The number of piperazine rings is 1. The van der Waals surface area contributed by atoms with E-state index in [1.54, 1.807) is 23.7 Å². The minimum atomic E-state index is -4.46. The molecule has 11 heteroatoms. The first kappa shape index (κ1) is 23.7. The zero-order valence-corrected chi connectivity index (χ0v) is 19.5. The lowest BCUT2D eigenvalue weighted by Crippen LogP contribution is -2.62. The van der Waals surface area contributed by atoms with Crippen LogP contribution in [0.25, 0.3) is 0 Å². The summed E-state index contributed by atoms with van der Waals surface area (Å²) in [6.07, 6.45) is -2.39. The van der Waals surface area contributed by atoms with E-state index in [1.807, 2.05) is 4.90 Å². The van der Waals surface area contributed by atoms with E-state index in [0.29, 0.717) is 43.4 Å². The Labute approximate surface area is 201 Å². The molecular weight excluding hydrogens is 463 g/mol. The van der Waals surface area contributed by atoms with Crippen LogP contribution in [0.3, 0.4) is 0 Å². The number of aromatic nitrogens is 2. The molecule has 8 nitrogen and oxygen atoms in total. The van der Waals surface area contributed by atoms with Gasteiger partial charge in [-0.05, 0) is 49.9 Å². The van der Waals surface area contributed by atoms with Gasteiger partial charge in [-0.15, -0.1) is 0 Å². The molecule has 0 saturated carbocycles. The number of aryl methyl sites for hydroxylation is 2. The normalized spacial score (nSPS) is 22.1. The number of nitrogens with one attached hydrogen (secondary N) is 1. The number of fused-ring (bicyclic) bond motifs is 4. The van der Waals surface area contributed by atoms with Crippen molar-refractivity contribution in [3.63, 3.8) is 0 Å². The number of alkyl halides is 3. The molecule has 4 aliphatic heterocycles. The summed E-state index contributed by atoms with van der Waals surface area (Å²) in [4.78, 5) is 29.3. The van der Waals surface area contributed by atoms with Gasteiger partial charge in [0.15, 0.2) is 5.69 Å². The van der Waals surface area contributed by atoms with E-state index >= 15 is 0 Å². The fourth-order valence-electron chi connectivity index (χ4n) is 5.17. The van der Waals surface area contributed by atoms with Gasteiger partial charge in [0.2, 0.25) is 0 Å². The van der Waals surface area contributed by atoms with Crippen molar-refractivity contribution in [2.75, 3.05) is 19.6 Å². The first-order valence-electron chi connectivity index (χ1n) is 11.9. The van der Waals surface area contributed by atoms with Crippen molar-refractivity contribution in [2.45, 2.75) is 64.1 Å². The molecule has 1 aromatic carbocycles. The van der Waals surface area contributed by atoms with Gasteiger partial charge in [-0.1, -0.05) is 11.6 Å². The Morgan fingerprint density at radius 1 is 1.17 bits per heavy atom. The van der Waals surface area contributed by atoms with Crippen LogP contribution in [0.4, 0.5) is 18.0 Å². The minimum absolute atomic E-state index is 0.0872. The Morgan fingerprint density at radius 2 is 2.00 bits per heavy atom. The quantitative estimate of drug-likeness (QED) is 0.713. The molecule has 3 saturated heterocycles. The standard InChI is InChI=1S/C24H28F3N5O3/c1-15-7-16(9-17(8-15)24(25,26)27)14-35-23(34)30-5-2-6-32-20(13-30)10-21(29-32)22(33)31-12-18-3-4-19(31)11-28-18/h7-10,18-19,28H,2-6,11-14H2,1H3. The molecule has 4 aliphatic rings. The van der Waals surface area contributed by atoms with E-state index in [9.17, 15) is 22.8 Å². The number of hydrogen-bond donors (Lipinski definition) is 1. The minimum Gasteiger partial charge on any atom is -0.445 e. The highest BCUT2D eigenvalue weighted by molar-refractivity contribution is 5.93. The average molecular weight is 492 g/mol. The molecule has 2 bridgehead atoms. The third-order valence-electron chi connectivity index (χ3n) is 6.93. The van der Waals surface area contributed by atoms with Crippen LogP contribution in [0.1, 0.15) is 52.1 Å². The van der Waals surface area contributed by atoms with Gasteiger partial charge < -0.3 is 19.9 Å². The number of ether oxygens (including phenoxy) is 1. The molecule has 1 N–H and O–H groups in total. The Hall–Kier alpha value is -3.08. The first-order chi connectivity index (χ1) is 16.7. The molecule has 2 amide bonds. The van der Waals surface area contributed by atoms with Crippen LogP contribution in [-0.2, 0) is 30.6 Å². The topological polar surface area (TPSA) is 79.7 Å². The molecule has 0 spiro atoms. The Morgan fingerprint density at radius 3 is 2.69 bits per heavy atom. The number of piperidine rings is 2. The summed E-state index contributed by atoms with van der Waals surface area (Å²) in [7, 11) is 0. The van der Waals surface area contributed by atoms with Gasteiger partial charge >= 0.3 is 12.3 Å². The fraction of sp³-hybridized carbons (Fsp3) is 0.542. The second-order valence-electron chi connectivity index (χ2n) is 9.57. The number of halogens is 3. The lowest BCUT2D eigenvalue weighted by molar-refractivity contribution is -0.137. The maximum absolute atomic E-state index is 13.1. The van der Waals surface area contributed by atoms with Crippen molar-refractivity contribution < 1.29 is 27.5 Å². The maximum atomic E-state index is 13.1. The number of benzene rings is 1. The Kier molecular flexibility index (Phi) is 6.20. The highest BCUT2D eigenvalue weighted by Gasteiger charge is 2.37. The van der Waals surface area contributed by atoms with Gasteiger partial charge in [0.05, 0.1) is 17.8 Å². The van der Waals surface area contributed by atoms with Gasteiger partial charge in [0, 0.05) is 38.3 Å². The highest BCUT2D eigenvalue weighted by Crippen LogP contribution is 2.31. The predicted octanol–water partition coefficient (Wildman–Crippen LogP) is 3.33. The molecule has 2 unspecified atom stereocenters. The average Bonchev–Trinajstić information content (AvgIpc) is 3.13. The molecule has 1 aromatic heterocycles. The predicted molar refractivity (Wildman–Crippen MR) is 119 cm³/mol. The number of carbonyl (C=O) groups is 2. The van der Waals surface area contributed by atoms with Crippen molar-refractivity contribution in [3.05, 3.63) is 52.3 Å². The van der Waals surface area contributed by atoms with E-state index in [1.165, 1.54) is 4.90 Å². The van der Waals surface area contributed by atoms with Gasteiger partial charge in [-0.2, -0.15) is 18.3 Å². The summed E-state index contributed by atoms with van der Waals surface area (Å²) in [5.41, 5.74) is 1.07. The highest BCUT2D eigenvalue weighted by atomic mass is 19.4. The lowest BCUT2D eigenvalue weighted by atomic mass is 9.93. The largest absolute Gasteiger partial charge is 0.445 e. The number of hydrogen-bond acceptors (Lipinski definition) is 5. The molecule has 35 heavy (non-hydrogen) atoms. The van der Waals surface area contributed by atoms with E-state index in [0.717, 1.165) is 37.2 Å². The second kappa shape index (κ2) is 9.18. The number of rotatable bonds is 3. The van der Waals surface area contributed by atoms with Gasteiger partial charge in [0.1, 0.15) is 6.61 Å². The van der Waals surface area contributed by atoms with Crippen LogP contribution in [0.5, 0.6) is 0 Å². The number of nitrogens with zero attached hydrogens (tertiary/aromatic N) is 4. The summed E-state index contributed by atoms with van der Waals surface area (Å²) in [5.74, 6) is -0.0872. The van der Waals surface area contributed by atoms with E-state index in [2.05, 4.69) is 10.4 Å². The number of carbonyl (C=O) groups excluding carboxylic acids is 2.